The Kier molecular flexibility index (Phi) is 8.54. The zero-order valence-corrected chi connectivity index (χ0v) is 22.2. The molecule has 37 heavy (non-hydrogen) atoms. The minimum Gasteiger partial charge on any atom is -0.384 e. The van der Waals surface area contributed by atoms with Crippen LogP contribution >= 0.6 is 0 Å². The van der Waals surface area contributed by atoms with Gasteiger partial charge in [0.05, 0.1) is 23.2 Å². The van der Waals surface area contributed by atoms with E-state index in [1.807, 2.05) is 24.7 Å². The van der Waals surface area contributed by atoms with Crippen LogP contribution in [0.25, 0.3) is 10.8 Å². The highest BCUT2D eigenvalue weighted by molar-refractivity contribution is 6.37. The molecule has 4 radical (unpaired) electrons. The SMILES string of the molecule is CC(C)c1ncc(N2CCC2C)c2cnc(Nc3ccnc(N4CCCCC4)n3)cc12.[B]C([B])(O)OC. The molecule has 2 fully saturated rings. The van der Waals surface area contributed by atoms with Crippen molar-refractivity contribution in [2.24, 2.45) is 0 Å². The second-order valence-corrected chi connectivity index (χ2v) is 10.0. The van der Waals surface area contributed by atoms with Gasteiger partial charge < -0.3 is 25.0 Å². The summed E-state index contributed by atoms with van der Waals surface area (Å²) in [5.74, 6) is 2.69. The van der Waals surface area contributed by atoms with Crippen LogP contribution in [0.15, 0.2) is 30.7 Å². The number of hydrogen-bond acceptors (Lipinski definition) is 9. The van der Waals surface area contributed by atoms with Crippen LogP contribution < -0.4 is 15.1 Å². The second-order valence-electron chi connectivity index (χ2n) is 10.0. The second kappa shape index (κ2) is 11.6. The molecule has 0 spiro atoms. The summed E-state index contributed by atoms with van der Waals surface area (Å²) in [6.07, 6.45) is 10.8. The molecule has 0 bridgehead atoms. The van der Waals surface area contributed by atoms with E-state index < -0.39 is 5.59 Å². The van der Waals surface area contributed by atoms with Crippen molar-refractivity contribution in [2.45, 2.75) is 64.0 Å². The highest BCUT2D eigenvalue weighted by atomic mass is 16.6. The lowest BCUT2D eigenvalue weighted by molar-refractivity contribution is -0.0473. The molecule has 3 aromatic heterocycles. The molecule has 2 aliphatic rings. The number of pyridine rings is 2. The highest BCUT2D eigenvalue weighted by Crippen LogP contribution is 2.36. The monoisotopic (exact) mass is 499 g/mol. The van der Waals surface area contributed by atoms with Crippen LogP contribution in [0.1, 0.15) is 58.1 Å². The minimum atomic E-state index is -1.96. The third kappa shape index (κ3) is 6.70. The standard InChI is InChI=1S/C24H31N7.C2H4B2O2/c1-16(2)23-18-13-22(26-14-19(18)20(15-27-23)31-12-8-17(31)3)28-21-7-9-25-24(29-21)30-10-5-4-6-11-30;1-6-2(3,4)5/h7,9,13-17H,4-6,8,10-12H2,1-3H3,(H,25,26,28,29);5H,1H3. The fraction of sp³-hybridized carbons (Fsp3) is 0.538. The van der Waals surface area contributed by atoms with Gasteiger partial charge in [0.15, 0.2) is 0 Å². The molecular weight excluding hydrogens is 464 g/mol. The molecule has 2 saturated heterocycles. The van der Waals surface area contributed by atoms with Crippen molar-refractivity contribution in [3.63, 3.8) is 0 Å². The Labute approximate surface area is 221 Å². The predicted octanol–water partition coefficient (Wildman–Crippen LogP) is 3.45. The highest BCUT2D eigenvalue weighted by Gasteiger charge is 2.26. The summed E-state index contributed by atoms with van der Waals surface area (Å²) in [6.45, 7) is 9.79. The van der Waals surface area contributed by atoms with E-state index in [2.05, 4.69) is 67.4 Å². The first-order valence-electron chi connectivity index (χ1n) is 12.9. The van der Waals surface area contributed by atoms with Crippen molar-refractivity contribution in [1.29, 1.82) is 0 Å². The Balaban J connectivity index is 0.000000480. The molecule has 5 rings (SSSR count). The van der Waals surface area contributed by atoms with E-state index in [0.717, 1.165) is 48.3 Å². The smallest absolute Gasteiger partial charge is 0.227 e. The Morgan fingerprint density at radius 1 is 1.05 bits per heavy atom. The van der Waals surface area contributed by atoms with Crippen LogP contribution in [0, 0.1) is 0 Å². The molecule has 0 aromatic carbocycles. The summed E-state index contributed by atoms with van der Waals surface area (Å²) in [5.41, 5.74) is 0.334. The number of nitrogens with one attached hydrogen (secondary N) is 1. The van der Waals surface area contributed by atoms with Crippen LogP contribution in [0.4, 0.5) is 23.3 Å². The molecular formula is C26H35B2N7O2. The number of methoxy groups -OCH3 is 1. The molecule has 3 aromatic rings. The summed E-state index contributed by atoms with van der Waals surface area (Å²) in [6, 6.07) is 4.58. The Morgan fingerprint density at radius 3 is 2.38 bits per heavy atom. The molecule has 9 nitrogen and oxygen atoms in total. The minimum absolute atomic E-state index is 0.338. The summed E-state index contributed by atoms with van der Waals surface area (Å²) in [4.78, 5) is 23.5. The molecule has 2 aliphatic heterocycles. The number of hydrogen-bond donors (Lipinski definition) is 2. The number of aliphatic hydroxyl groups is 1. The molecule has 5 heterocycles. The van der Waals surface area contributed by atoms with Gasteiger partial charge in [0, 0.05) is 56.0 Å². The number of aromatic nitrogens is 4. The van der Waals surface area contributed by atoms with Gasteiger partial charge in [0.25, 0.3) is 0 Å². The van der Waals surface area contributed by atoms with Gasteiger partial charge in [0.1, 0.15) is 27.3 Å². The molecule has 192 valence electrons. The van der Waals surface area contributed by atoms with E-state index in [0.29, 0.717) is 12.0 Å². The van der Waals surface area contributed by atoms with Crippen LogP contribution in [0.2, 0.25) is 0 Å². The topological polar surface area (TPSA) is 99.5 Å². The first kappa shape index (κ1) is 27.1. The molecule has 0 amide bonds. The summed E-state index contributed by atoms with van der Waals surface area (Å²) >= 11 is 0. The number of anilines is 4. The number of fused-ring (bicyclic) bond motifs is 1. The van der Waals surface area contributed by atoms with Gasteiger partial charge in [-0.3, -0.25) is 4.98 Å². The molecule has 1 unspecified atom stereocenters. The lowest BCUT2D eigenvalue weighted by atomic mass is 9.77. The first-order valence-corrected chi connectivity index (χ1v) is 12.9. The summed E-state index contributed by atoms with van der Waals surface area (Å²) in [7, 11) is 10.5. The van der Waals surface area contributed by atoms with E-state index in [9.17, 15) is 0 Å². The third-order valence-corrected chi connectivity index (χ3v) is 6.82. The zero-order chi connectivity index (χ0) is 26.6. The molecule has 0 aliphatic carbocycles. The van der Waals surface area contributed by atoms with Crippen molar-refractivity contribution in [3.8, 4) is 0 Å². The van der Waals surface area contributed by atoms with Crippen molar-refractivity contribution in [3.05, 3.63) is 36.4 Å². The Bertz CT molecular complexity index is 1200. The number of piperidine rings is 1. The maximum atomic E-state index is 8.16. The van der Waals surface area contributed by atoms with Crippen molar-refractivity contribution >= 4 is 49.7 Å². The fourth-order valence-corrected chi connectivity index (χ4v) is 4.57. The lowest BCUT2D eigenvalue weighted by Gasteiger charge is -2.41. The molecule has 0 saturated carbocycles. The van der Waals surface area contributed by atoms with Crippen molar-refractivity contribution in [1.82, 2.24) is 19.9 Å². The van der Waals surface area contributed by atoms with Gasteiger partial charge in [0.2, 0.25) is 5.95 Å². The lowest BCUT2D eigenvalue weighted by Crippen LogP contribution is -2.45. The molecule has 2 N–H and O–H groups in total. The first-order chi connectivity index (χ1) is 17.7. The van der Waals surface area contributed by atoms with Gasteiger partial charge in [-0.2, -0.15) is 4.98 Å². The maximum absolute atomic E-state index is 8.16. The van der Waals surface area contributed by atoms with Gasteiger partial charge in [-0.25, -0.2) is 9.97 Å². The Hall–Kier alpha value is -2.91. The van der Waals surface area contributed by atoms with Crippen LogP contribution in [0.3, 0.4) is 0 Å². The molecule has 11 heteroatoms. The number of ether oxygens (including phenoxy) is 1. The van der Waals surface area contributed by atoms with Gasteiger partial charge in [-0.1, -0.05) is 13.8 Å². The predicted molar refractivity (Wildman–Crippen MR) is 150 cm³/mol. The van der Waals surface area contributed by atoms with E-state index in [1.54, 1.807) is 0 Å². The zero-order valence-electron chi connectivity index (χ0n) is 22.2. The fourth-order valence-electron chi connectivity index (χ4n) is 4.57. The largest absolute Gasteiger partial charge is 0.384 e. The van der Waals surface area contributed by atoms with Crippen LogP contribution in [-0.2, 0) is 4.74 Å². The summed E-state index contributed by atoms with van der Waals surface area (Å²) < 4.78 is 4.05. The third-order valence-electron chi connectivity index (χ3n) is 6.82. The average molecular weight is 499 g/mol. The number of rotatable bonds is 6. The quantitative estimate of drug-likeness (QED) is 0.390. The van der Waals surface area contributed by atoms with E-state index in [-0.39, 0.29) is 0 Å². The molecule has 1 atom stereocenters. The average Bonchev–Trinajstić information content (AvgIpc) is 2.88. The van der Waals surface area contributed by atoms with E-state index >= 15 is 0 Å². The maximum Gasteiger partial charge on any atom is 0.227 e. The van der Waals surface area contributed by atoms with Crippen molar-refractivity contribution < 1.29 is 9.84 Å². The van der Waals surface area contributed by atoms with E-state index in [4.69, 9.17) is 20.1 Å². The summed E-state index contributed by atoms with van der Waals surface area (Å²) in [5, 5.41) is 13.9. The number of nitrogens with zero attached hydrogens (tertiary/aromatic N) is 6. The Morgan fingerprint density at radius 2 is 1.78 bits per heavy atom. The van der Waals surface area contributed by atoms with Gasteiger partial charge >= 0.3 is 0 Å². The van der Waals surface area contributed by atoms with Gasteiger partial charge in [-0.05, 0) is 50.7 Å². The van der Waals surface area contributed by atoms with E-state index in [1.165, 1.54) is 43.9 Å². The van der Waals surface area contributed by atoms with Crippen LogP contribution in [0.5, 0.6) is 0 Å². The van der Waals surface area contributed by atoms with Gasteiger partial charge in [-0.15, -0.1) is 0 Å². The van der Waals surface area contributed by atoms with Crippen LogP contribution in [-0.4, -0.2) is 79.1 Å². The normalized spacial score (nSPS) is 17.8. The van der Waals surface area contributed by atoms with Crippen molar-refractivity contribution in [2.75, 3.05) is 41.9 Å².